The largest absolute Gasteiger partial charge is 0.495 e. The van der Waals surface area contributed by atoms with Crippen LogP contribution in [0.1, 0.15) is 12.7 Å². The third kappa shape index (κ3) is 3.10. The van der Waals surface area contributed by atoms with Gasteiger partial charge in [0.25, 0.3) is 0 Å². The normalized spacial score (nSPS) is 11.2. The second-order valence-electron chi connectivity index (χ2n) is 5.05. The van der Waals surface area contributed by atoms with Gasteiger partial charge in [-0.1, -0.05) is 23.2 Å². The lowest BCUT2D eigenvalue weighted by Gasteiger charge is -2.07. The van der Waals surface area contributed by atoms with E-state index < -0.39 is 0 Å². The molecule has 1 aromatic heterocycles. The van der Waals surface area contributed by atoms with Gasteiger partial charge in [0.15, 0.2) is 11.3 Å². The molecule has 0 fully saturated rings. The lowest BCUT2D eigenvalue weighted by molar-refractivity contribution is -0.873. The molecule has 2 aromatic rings. The van der Waals surface area contributed by atoms with Crippen molar-refractivity contribution in [2.45, 2.75) is 13.5 Å². The number of hydrogen-bond acceptors (Lipinski definition) is 3. The molecule has 1 amide bonds. The summed E-state index contributed by atoms with van der Waals surface area (Å²) in [4.78, 5) is 12.6. The summed E-state index contributed by atoms with van der Waals surface area (Å²) in [6, 6.07) is 1.72. The number of anilines is 1. The van der Waals surface area contributed by atoms with E-state index in [1.54, 1.807) is 6.07 Å². The van der Waals surface area contributed by atoms with Gasteiger partial charge in [0.05, 0.1) is 26.9 Å². The number of amides is 1. The zero-order chi connectivity index (χ0) is 15.7. The van der Waals surface area contributed by atoms with Gasteiger partial charge in [-0.3, -0.25) is 4.79 Å². The number of fused-ring (bicyclic) bond motifs is 1. The lowest BCUT2D eigenvalue weighted by Crippen LogP contribution is -3.04. The van der Waals surface area contributed by atoms with Crippen LogP contribution in [0.3, 0.4) is 0 Å². The number of rotatable bonds is 4. The van der Waals surface area contributed by atoms with E-state index in [9.17, 15) is 4.79 Å². The van der Waals surface area contributed by atoms with Crippen LogP contribution in [0.4, 0.5) is 5.69 Å². The molecule has 0 saturated heterocycles. The molecule has 0 spiro atoms. The number of nitrogens with one attached hydrogen (secondary N) is 2. The van der Waals surface area contributed by atoms with Gasteiger partial charge in [-0.05, 0) is 6.07 Å². The Morgan fingerprint density at radius 2 is 2.05 bits per heavy atom. The summed E-state index contributed by atoms with van der Waals surface area (Å²) in [5, 5.41) is 4.04. The number of methoxy groups -OCH3 is 1. The van der Waals surface area contributed by atoms with Crippen molar-refractivity contribution in [3.63, 3.8) is 0 Å². The van der Waals surface area contributed by atoms with Gasteiger partial charge >= 0.3 is 0 Å². The first-order valence-electron chi connectivity index (χ1n) is 6.39. The first kappa shape index (κ1) is 15.9. The molecule has 0 bridgehead atoms. The van der Waals surface area contributed by atoms with Crippen LogP contribution < -0.4 is 15.0 Å². The topological polar surface area (TPSA) is 55.9 Å². The monoisotopic (exact) mass is 331 g/mol. The maximum atomic E-state index is 11.4. The number of halogens is 2. The highest BCUT2D eigenvalue weighted by Crippen LogP contribution is 2.43. The Balaban J connectivity index is 2.73. The first-order valence-corrected chi connectivity index (χ1v) is 7.14. The fraction of sp³-hybridized carbons (Fsp3) is 0.357. The molecular weight excluding hydrogens is 315 g/mol. The van der Waals surface area contributed by atoms with Crippen LogP contribution in [-0.4, -0.2) is 27.1 Å². The third-order valence-electron chi connectivity index (χ3n) is 2.94. The van der Waals surface area contributed by atoms with Crippen molar-refractivity contribution in [1.29, 1.82) is 0 Å². The summed E-state index contributed by atoms with van der Waals surface area (Å²) in [6.45, 7) is 2.04. The van der Waals surface area contributed by atoms with E-state index in [0.29, 0.717) is 39.7 Å². The molecule has 0 radical (unpaired) electrons. The minimum atomic E-state index is -0.183. The number of carbonyl (C=O) groups excluding carboxylic acids is 1. The van der Waals surface area contributed by atoms with Gasteiger partial charge in [0.2, 0.25) is 5.91 Å². The Kier molecular flexibility index (Phi) is 4.66. The van der Waals surface area contributed by atoms with Gasteiger partial charge in [-0.15, -0.1) is 0 Å². The van der Waals surface area contributed by atoms with Gasteiger partial charge < -0.3 is 19.4 Å². The second kappa shape index (κ2) is 6.13. The summed E-state index contributed by atoms with van der Waals surface area (Å²) in [5.74, 6) is 0.898. The standard InChI is InChI=1S/C14H16Cl2N2O3/c1-7(19)17-13-8-5-9(20-4)11(15)12(16)14(8)21-10(13)6-18(2)3/h5H,6H2,1-4H3,(H,17,19)/p+1. The highest BCUT2D eigenvalue weighted by molar-refractivity contribution is 6.46. The Bertz CT molecular complexity index is 695. The van der Waals surface area contributed by atoms with E-state index in [-0.39, 0.29) is 10.9 Å². The van der Waals surface area contributed by atoms with Crippen molar-refractivity contribution in [1.82, 2.24) is 0 Å². The molecule has 21 heavy (non-hydrogen) atoms. The van der Waals surface area contributed by atoms with Gasteiger partial charge in [-0.2, -0.15) is 0 Å². The Hall–Kier alpha value is -1.43. The molecule has 2 N–H and O–H groups in total. The molecule has 5 nitrogen and oxygen atoms in total. The molecule has 1 aromatic carbocycles. The van der Waals surface area contributed by atoms with E-state index in [2.05, 4.69) is 5.32 Å². The molecule has 114 valence electrons. The molecule has 0 atom stereocenters. The minimum Gasteiger partial charge on any atom is -0.495 e. The molecule has 0 aliphatic rings. The molecule has 0 unspecified atom stereocenters. The zero-order valence-electron chi connectivity index (χ0n) is 12.3. The summed E-state index contributed by atoms with van der Waals surface area (Å²) in [6.07, 6.45) is 0. The van der Waals surface area contributed by atoms with E-state index >= 15 is 0 Å². The SMILES string of the molecule is COc1cc2c(NC(C)=O)c(C[NH+](C)C)oc2c(Cl)c1Cl. The Morgan fingerprint density at radius 1 is 1.38 bits per heavy atom. The molecule has 0 aliphatic heterocycles. The number of benzene rings is 1. The molecule has 0 saturated carbocycles. The van der Waals surface area contributed by atoms with Crippen LogP contribution >= 0.6 is 23.2 Å². The van der Waals surface area contributed by atoms with E-state index in [4.69, 9.17) is 32.4 Å². The van der Waals surface area contributed by atoms with Crippen LogP contribution in [0.15, 0.2) is 10.5 Å². The second-order valence-corrected chi connectivity index (χ2v) is 5.80. The predicted molar refractivity (Wildman–Crippen MR) is 83.6 cm³/mol. The zero-order valence-corrected chi connectivity index (χ0v) is 13.8. The average Bonchev–Trinajstić information content (AvgIpc) is 2.71. The van der Waals surface area contributed by atoms with Crippen molar-refractivity contribution >= 4 is 45.8 Å². The van der Waals surface area contributed by atoms with Crippen LogP contribution in [0.5, 0.6) is 5.75 Å². The summed E-state index contributed by atoms with van der Waals surface area (Å²) in [5.41, 5.74) is 1.05. The van der Waals surface area contributed by atoms with Crippen molar-refractivity contribution in [2.24, 2.45) is 0 Å². The molecule has 0 aliphatic carbocycles. The molecule has 1 heterocycles. The minimum absolute atomic E-state index is 0.183. The number of furan rings is 1. The van der Waals surface area contributed by atoms with Gasteiger partial charge in [0.1, 0.15) is 22.3 Å². The van der Waals surface area contributed by atoms with Crippen LogP contribution in [0.25, 0.3) is 11.0 Å². The highest BCUT2D eigenvalue weighted by Gasteiger charge is 2.23. The Labute approximate surface area is 132 Å². The summed E-state index contributed by atoms with van der Waals surface area (Å²) >= 11 is 12.4. The third-order valence-corrected chi connectivity index (χ3v) is 3.77. The molecular formula is C14H17Cl2N2O3+. The van der Waals surface area contributed by atoms with Crippen molar-refractivity contribution < 1.29 is 18.8 Å². The van der Waals surface area contributed by atoms with E-state index in [1.807, 2.05) is 14.1 Å². The number of quaternary nitrogens is 1. The van der Waals surface area contributed by atoms with Crippen LogP contribution in [-0.2, 0) is 11.3 Å². The highest BCUT2D eigenvalue weighted by atomic mass is 35.5. The smallest absolute Gasteiger partial charge is 0.221 e. The summed E-state index contributed by atoms with van der Waals surface area (Å²) < 4.78 is 11.0. The number of ether oxygens (including phenoxy) is 1. The average molecular weight is 332 g/mol. The number of hydrogen-bond donors (Lipinski definition) is 2. The van der Waals surface area contributed by atoms with Gasteiger partial charge in [0, 0.05) is 12.3 Å². The van der Waals surface area contributed by atoms with Crippen molar-refractivity contribution in [2.75, 3.05) is 26.5 Å². The van der Waals surface area contributed by atoms with Gasteiger partial charge in [-0.25, -0.2) is 0 Å². The van der Waals surface area contributed by atoms with E-state index in [1.165, 1.54) is 14.0 Å². The fourth-order valence-corrected chi connectivity index (χ4v) is 2.55. The predicted octanol–water partition coefficient (Wildman–Crippen LogP) is 2.35. The first-order chi connectivity index (χ1) is 9.85. The maximum Gasteiger partial charge on any atom is 0.221 e. The quantitative estimate of drug-likeness (QED) is 0.904. The van der Waals surface area contributed by atoms with Crippen LogP contribution in [0.2, 0.25) is 10.0 Å². The van der Waals surface area contributed by atoms with Crippen molar-refractivity contribution in [3.05, 3.63) is 21.9 Å². The molecule has 2 rings (SSSR count). The Morgan fingerprint density at radius 3 is 2.57 bits per heavy atom. The maximum absolute atomic E-state index is 11.4. The van der Waals surface area contributed by atoms with Crippen molar-refractivity contribution in [3.8, 4) is 5.75 Å². The summed E-state index contributed by atoms with van der Waals surface area (Å²) in [7, 11) is 5.48. The number of carbonyl (C=O) groups is 1. The van der Waals surface area contributed by atoms with E-state index in [0.717, 1.165) is 4.90 Å². The fourth-order valence-electron chi connectivity index (χ4n) is 2.10. The van der Waals surface area contributed by atoms with Crippen LogP contribution in [0, 0.1) is 0 Å². The molecule has 7 heteroatoms. The lowest BCUT2D eigenvalue weighted by atomic mass is 10.2.